The molecule has 0 radical (unpaired) electrons. The largest absolute Gasteiger partial charge is 0.508 e. The average Bonchev–Trinajstić information content (AvgIpc) is 2.74. The monoisotopic (exact) mass is 206 g/mol. The third kappa shape index (κ3) is 2.57. The molecule has 1 aliphatic heterocycles. The maximum absolute atomic E-state index is 11.7. The molecule has 15 heavy (non-hydrogen) atoms. The van der Waals surface area contributed by atoms with Gasteiger partial charge in [-0.3, -0.25) is 4.79 Å². The van der Waals surface area contributed by atoms with Crippen LogP contribution >= 0.6 is 0 Å². The number of Topliss-reactive ketones (excluding diaryl/α,β-unsaturated/α-hetero) is 1. The van der Waals surface area contributed by atoms with Crippen molar-refractivity contribution in [3.05, 3.63) is 29.8 Å². The van der Waals surface area contributed by atoms with Gasteiger partial charge in [-0.1, -0.05) is 12.1 Å². The summed E-state index contributed by atoms with van der Waals surface area (Å²) in [6.45, 7) is 0.700. The van der Waals surface area contributed by atoms with Crippen molar-refractivity contribution in [3.63, 3.8) is 0 Å². The fraction of sp³-hybridized carbons (Fsp3) is 0.417. The van der Waals surface area contributed by atoms with Crippen molar-refractivity contribution in [3.8, 4) is 5.75 Å². The summed E-state index contributed by atoms with van der Waals surface area (Å²) in [6.07, 6.45) is 2.01. The summed E-state index contributed by atoms with van der Waals surface area (Å²) < 4.78 is 5.31. The Balaban J connectivity index is 1.96. The van der Waals surface area contributed by atoms with Gasteiger partial charge in [-0.25, -0.2) is 0 Å². The van der Waals surface area contributed by atoms with E-state index in [4.69, 9.17) is 9.84 Å². The van der Waals surface area contributed by atoms with Gasteiger partial charge in [0.15, 0.2) is 5.78 Å². The normalized spacial score (nSPS) is 20.4. The third-order valence-electron chi connectivity index (χ3n) is 2.60. The number of phenols is 1. The molecule has 80 valence electrons. The predicted molar refractivity (Wildman–Crippen MR) is 55.8 cm³/mol. The maximum atomic E-state index is 11.7. The highest BCUT2D eigenvalue weighted by atomic mass is 16.5. The Morgan fingerprint density at radius 2 is 2.13 bits per heavy atom. The van der Waals surface area contributed by atoms with Crippen molar-refractivity contribution in [1.82, 2.24) is 0 Å². The van der Waals surface area contributed by atoms with Gasteiger partial charge < -0.3 is 9.84 Å². The second-order valence-electron chi connectivity index (χ2n) is 3.81. The van der Waals surface area contributed by atoms with E-state index in [0.717, 1.165) is 18.4 Å². The first-order valence-electron chi connectivity index (χ1n) is 5.18. The lowest BCUT2D eigenvalue weighted by atomic mass is 10.0. The summed E-state index contributed by atoms with van der Waals surface area (Å²) in [6, 6.07) is 6.72. The van der Waals surface area contributed by atoms with E-state index >= 15 is 0 Å². The minimum absolute atomic E-state index is 0.137. The van der Waals surface area contributed by atoms with Gasteiger partial charge >= 0.3 is 0 Å². The molecule has 3 heteroatoms. The number of phenolic OH excluding ortho intramolecular Hbond substituents is 1. The molecule has 0 bridgehead atoms. The first-order chi connectivity index (χ1) is 7.25. The van der Waals surface area contributed by atoms with Crippen LogP contribution in [0.4, 0.5) is 0 Å². The van der Waals surface area contributed by atoms with Crippen LogP contribution in [0.1, 0.15) is 18.4 Å². The highest BCUT2D eigenvalue weighted by Gasteiger charge is 2.23. The highest BCUT2D eigenvalue weighted by Crippen LogP contribution is 2.16. The van der Waals surface area contributed by atoms with Gasteiger partial charge in [-0.2, -0.15) is 0 Å². The molecule has 0 aliphatic carbocycles. The van der Waals surface area contributed by atoms with Gasteiger partial charge in [0.1, 0.15) is 11.9 Å². The van der Waals surface area contributed by atoms with Crippen molar-refractivity contribution >= 4 is 5.78 Å². The molecule has 0 amide bonds. The van der Waals surface area contributed by atoms with E-state index < -0.39 is 0 Å². The summed E-state index contributed by atoms with van der Waals surface area (Å²) in [7, 11) is 0. The van der Waals surface area contributed by atoms with Crippen LogP contribution in [0, 0.1) is 0 Å². The molecule has 0 saturated carbocycles. The maximum Gasteiger partial charge on any atom is 0.165 e. The molecule has 1 saturated heterocycles. The zero-order valence-electron chi connectivity index (χ0n) is 8.48. The lowest BCUT2D eigenvalue weighted by Gasteiger charge is -2.07. The van der Waals surface area contributed by atoms with Gasteiger partial charge in [-0.15, -0.1) is 0 Å². The Bertz CT molecular complexity index is 336. The lowest BCUT2D eigenvalue weighted by Crippen LogP contribution is -2.21. The Morgan fingerprint density at radius 1 is 1.40 bits per heavy atom. The molecule has 1 heterocycles. The SMILES string of the molecule is O=C(Cc1ccc(O)cc1)C1CCCO1. The third-order valence-corrected chi connectivity index (χ3v) is 2.60. The number of hydrogen-bond acceptors (Lipinski definition) is 3. The number of carbonyl (C=O) groups is 1. The molecule has 1 aromatic carbocycles. The van der Waals surface area contributed by atoms with Gasteiger partial charge in [0, 0.05) is 13.0 Å². The molecule has 3 nitrogen and oxygen atoms in total. The standard InChI is InChI=1S/C12H14O3/c13-10-5-3-9(4-6-10)8-11(14)12-2-1-7-15-12/h3-6,12-13H,1-2,7-8H2. The topological polar surface area (TPSA) is 46.5 Å². The fourth-order valence-corrected chi connectivity index (χ4v) is 1.76. The quantitative estimate of drug-likeness (QED) is 0.818. The molecular weight excluding hydrogens is 192 g/mol. The van der Waals surface area contributed by atoms with Crippen LogP contribution in [0.3, 0.4) is 0 Å². The average molecular weight is 206 g/mol. The van der Waals surface area contributed by atoms with Gasteiger partial charge in [-0.05, 0) is 30.5 Å². The van der Waals surface area contributed by atoms with E-state index in [1.165, 1.54) is 0 Å². The van der Waals surface area contributed by atoms with E-state index in [-0.39, 0.29) is 17.6 Å². The zero-order valence-corrected chi connectivity index (χ0v) is 8.48. The molecular formula is C12H14O3. The number of ether oxygens (including phenoxy) is 1. The van der Waals surface area contributed by atoms with Gasteiger partial charge in [0.25, 0.3) is 0 Å². The number of rotatable bonds is 3. The molecule has 1 atom stereocenters. The van der Waals surface area contributed by atoms with Crippen molar-refractivity contribution in [1.29, 1.82) is 0 Å². The molecule has 1 fully saturated rings. The molecule has 1 aliphatic rings. The second kappa shape index (κ2) is 4.45. The summed E-state index contributed by atoms with van der Waals surface area (Å²) in [5, 5.41) is 9.09. The van der Waals surface area contributed by atoms with Crippen LogP contribution in [0.5, 0.6) is 5.75 Å². The molecule has 1 unspecified atom stereocenters. The minimum atomic E-state index is -0.209. The van der Waals surface area contributed by atoms with E-state index in [0.29, 0.717) is 13.0 Å². The first-order valence-corrected chi connectivity index (χ1v) is 5.18. The van der Waals surface area contributed by atoms with Gasteiger partial charge in [0.05, 0.1) is 0 Å². The summed E-state index contributed by atoms with van der Waals surface area (Å²) in [5.41, 5.74) is 0.924. The van der Waals surface area contributed by atoms with Crippen molar-refractivity contribution in [2.24, 2.45) is 0 Å². The Morgan fingerprint density at radius 3 is 2.73 bits per heavy atom. The lowest BCUT2D eigenvalue weighted by molar-refractivity contribution is -0.127. The second-order valence-corrected chi connectivity index (χ2v) is 3.81. The van der Waals surface area contributed by atoms with Crippen molar-refractivity contribution in [2.75, 3.05) is 6.61 Å². The Kier molecular flexibility index (Phi) is 3.02. The smallest absolute Gasteiger partial charge is 0.165 e. The zero-order chi connectivity index (χ0) is 10.7. The summed E-state index contributed by atoms with van der Waals surface area (Å²) >= 11 is 0. The number of hydrogen-bond donors (Lipinski definition) is 1. The Hall–Kier alpha value is -1.35. The van der Waals surface area contributed by atoms with Crippen LogP contribution in [0.15, 0.2) is 24.3 Å². The number of aromatic hydroxyl groups is 1. The van der Waals surface area contributed by atoms with Crippen LogP contribution in [0.25, 0.3) is 0 Å². The molecule has 1 N–H and O–H groups in total. The van der Waals surface area contributed by atoms with Crippen LogP contribution in [0.2, 0.25) is 0 Å². The molecule has 1 aromatic rings. The van der Waals surface area contributed by atoms with Crippen LogP contribution in [-0.4, -0.2) is 23.6 Å². The molecule has 0 spiro atoms. The number of ketones is 1. The van der Waals surface area contributed by atoms with E-state index in [1.807, 2.05) is 0 Å². The Labute approximate surface area is 88.7 Å². The first kappa shape index (κ1) is 10.2. The summed E-state index contributed by atoms with van der Waals surface area (Å²) in [4.78, 5) is 11.7. The van der Waals surface area contributed by atoms with E-state index in [9.17, 15) is 4.79 Å². The van der Waals surface area contributed by atoms with Crippen LogP contribution < -0.4 is 0 Å². The van der Waals surface area contributed by atoms with Crippen LogP contribution in [-0.2, 0) is 16.0 Å². The van der Waals surface area contributed by atoms with Gasteiger partial charge in [0.2, 0.25) is 0 Å². The van der Waals surface area contributed by atoms with E-state index in [1.54, 1.807) is 24.3 Å². The van der Waals surface area contributed by atoms with Crippen molar-refractivity contribution in [2.45, 2.75) is 25.4 Å². The number of carbonyl (C=O) groups excluding carboxylic acids is 1. The minimum Gasteiger partial charge on any atom is -0.508 e. The summed E-state index contributed by atoms with van der Waals surface area (Å²) in [5.74, 6) is 0.363. The highest BCUT2D eigenvalue weighted by molar-refractivity contribution is 5.85. The fourth-order valence-electron chi connectivity index (χ4n) is 1.76. The van der Waals surface area contributed by atoms with Crippen molar-refractivity contribution < 1.29 is 14.6 Å². The number of benzene rings is 1. The predicted octanol–water partition coefficient (Wildman–Crippen LogP) is 1.68. The molecule has 2 rings (SSSR count). The molecule has 0 aromatic heterocycles. The van der Waals surface area contributed by atoms with E-state index in [2.05, 4.69) is 0 Å².